The number of hydrogen-bond acceptors (Lipinski definition) is 5. The van der Waals surface area contributed by atoms with Crippen molar-refractivity contribution in [2.24, 2.45) is 23.2 Å². The molecule has 5 nitrogen and oxygen atoms in total. The van der Waals surface area contributed by atoms with Crippen LogP contribution >= 0.6 is 45.2 Å². The van der Waals surface area contributed by atoms with Crippen LogP contribution in [0.15, 0.2) is 12.1 Å². The van der Waals surface area contributed by atoms with Crippen molar-refractivity contribution < 1.29 is 33.3 Å². The zero-order chi connectivity index (χ0) is 21.1. The van der Waals surface area contributed by atoms with Crippen molar-refractivity contribution in [3.63, 3.8) is 0 Å². The standard InChI is InChI=1S/C20H20F2I2O5/c21-20(22,18(27)28)17(19-6-9-1-10(7-19)3-11(2-9)8-19)29-16(26)13-4-12(23)5-14(24)15(13)25/h4-5,9-11,17,25H,1-3,6-8H2,(H,27,28)/p-1. The number of carbonyl (C=O) groups excluding carboxylic acids is 2. The normalized spacial score (nSPS) is 31.5. The molecule has 9 heteroatoms. The van der Waals surface area contributed by atoms with E-state index in [1.54, 1.807) is 6.07 Å². The summed E-state index contributed by atoms with van der Waals surface area (Å²) in [5.74, 6) is -7.58. The fraction of sp³-hybridized carbons (Fsp3) is 0.600. The van der Waals surface area contributed by atoms with E-state index in [0.29, 0.717) is 26.4 Å². The van der Waals surface area contributed by atoms with Gasteiger partial charge in [-0.3, -0.25) is 0 Å². The average Bonchev–Trinajstić information content (AvgIpc) is 2.60. The molecule has 4 fully saturated rings. The number of aromatic hydroxyl groups is 1. The van der Waals surface area contributed by atoms with Crippen LogP contribution < -0.4 is 5.11 Å². The number of hydrogen-bond donors (Lipinski definition) is 1. The number of benzene rings is 1. The van der Waals surface area contributed by atoms with E-state index in [0.717, 1.165) is 19.3 Å². The van der Waals surface area contributed by atoms with Crippen LogP contribution in [0, 0.1) is 30.3 Å². The molecule has 1 aromatic rings. The lowest BCUT2D eigenvalue weighted by Gasteiger charge is -2.59. The largest absolute Gasteiger partial charge is 0.544 e. The molecule has 0 spiro atoms. The van der Waals surface area contributed by atoms with Crippen molar-refractivity contribution >= 4 is 57.1 Å². The maximum absolute atomic E-state index is 14.9. The Labute approximate surface area is 193 Å². The first-order chi connectivity index (χ1) is 13.5. The van der Waals surface area contributed by atoms with E-state index in [9.17, 15) is 28.6 Å². The second-order valence-electron chi connectivity index (χ2n) is 8.76. The summed E-state index contributed by atoms with van der Waals surface area (Å²) in [5, 5.41) is 21.6. The Morgan fingerprint density at radius 1 is 1.14 bits per heavy atom. The molecule has 1 atom stereocenters. The fourth-order valence-corrected chi connectivity index (χ4v) is 7.93. The number of carboxylic acid groups (broad SMARTS) is 1. The van der Waals surface area contributed by atoms with Gasteiger partial charge in [0.1, 0.15) is 17.3 Å². The van der Waals surface area contributed by atoms with Gasteiger partial charge in [0.2, 0.25) is 0 Å². The highest BCUT2D eigenvalue weighted by atomic mass is 127. The topological polar surface area (TPSA) is 86.7 Å². The third-order valence-electron chi connectivity index (χ3n) is 6.72. The SMILES string of the molecule is O=C(OC(C12CC3CC(CC(C3)C1)C2)C(F)(F)C(=O)[O-])c1cc(I)cc(I)c1O. The molecule has 1 unspecified atom stereocenters. The number of alkyl halides is 2. The van der Waals surface area contributed by atoms with Crippen LogP contribution in [-0.4, -0.2) is 29.1 Å². The van der Waals surface area contributed by atoms with Gasteiger partial charge in [-0.05, 0) is 114 Å². The lowest BCUT2D eigenvalue weighted by atomic mass is 9.47. The van der Waals surface area contributed by atoms with Gasteiger partial charge in [-0.25, -0.2) is 4.79 Å². The molecule has 0 amide bonds. The van der Waals surface area contributed by atoms with Crippen molar-refractivity contribution in [3.05, 3.63) is 24.8 Å². The van der Waals surface area contributed by atoms with Crippen LogP contribution in [0.4, 0.5) is 8.78 Å². The van der Waals surface area contributed by atoms with Crippen LogP contribution in [-0.2, 0) is 9.53 Å². The van der Waals surface area contributed by atoms with Crippen LogP contribution in [0.25, 0.3) is 0 Å². The number of esters is 1. The Hall–Kier alpha value is -0.720. The number of phenols is 1. The minimum absolute atomic E-state index is 0.245. The summed E-state index contributed by atoms with van der Waals surface area (Å²) in [5.41, 5.74) is -1.32. The fourth-order valence-electron chi connectivity index (χ4n) is 6.08. The number of carbonyl (C=O) groups is 2. The summed E-state index contributed by atoms with van der Waals surface area (Å²) >= 11 is 3.77. The summed E-state index contributed by atoms with van der Waals surface area (Å²) in [6.45, 7) is 0. The van der Waals surface area contributed by atoms with Crippen molar-refractivity contribution in [2.45, 2.75) is 50.6 Å². The molecule has 0 radical (unpaired) electrons. The molecule has 5 rings (SSSR count). The molecular weight excluding hydrogens is 612 g/mol. The van der Waals surface area contributed by atoms with Gasteiger partial charge >= 0.3 is 11.9 Å². The van der Waals surface area contributed by atoms with Crippen LogP contribution in [0.1, 0.15) is 48.9 Å². The average molecular weight is 631 g/mol. The second-order valence-corrected chi connectivity index (χ2v) is 11.2. The minimum Gasteiger partial charge on any atom is -0.544 e. The third-order valence-corrected chi connectivity index (χ3v) is 8.16. The molecule has 29 heavy (non-hydrogen) atoms. The quantitative estimate of drug-likeness (QED) is 0.396. The van der Waals surface area contributed by atoms with Gasteiger partial charge < -0.3 is 19.7 Å². The molecular formula is C20H19F2I2O5-. The molecule has 1 N–H and O–H groups in total. The highest BCUT2D eigenvalue weighted by Crippen LogP contribution is 2.63. The number of carboxylic acids is 1. The summed E-state index contributed by atoms with van der Waals surface area (Å²) in [4.78, 5) is 24.2. The highest BCUT2D eigenvalue weighted by molar-refractivity contribution is 14.1. The Morgan fingerprint density at radius 3 is 2.14 bits per heavy atom. The Bertz CT molecular complexity index is 837. The molecule has 4 aliphatic rings. The van der Waals surface area contributed by atoms with Crippen LogP contribution in [0.5, 0.6) is 5.75 Å². The van der Waals surface area contributed by atoms with Crippen molar-refractivity contribution in [1.29, 1.82) is 0 Å². The highest BCUT2D eigenvalue weighted by Gasteiger charge is 2.62. The van der Waals surface area contributed by atoms with Crippen molar-refractivity contribution in [3.8, 4) is 5.75 Å². The smallest absolute Gasteiger partial charge is 0.342 e. The van der Waals surface area contributed by atoms with Crippen molar-refractivity contribution in [1.82, 2.24) is 0 Å². The molecule has 0 aliphatic heterocycles. The second kappa shape index (κ2) is 7.45. The predicted octanol–water partition coefficient (Wildman–Crippen LogP) is 3.73. The zero-order valence-electron chi connectivity index (χ0n) is 15.3. The molecule has 0 aromatic heterocycles. The Kier molecular flexibility index (Phi) is 5.53. The lowest BCUT2D eigenvalue weighted by molar-refractivity contribution is -0.342. The summed E-state index contributed by atoms with van der Waals surface area (Å²) in [7, 11) is 0. The lowest BCUT2D eigenvalue weighted by Crippen LogP contribution is -2.62. The van der Waals surface area contributed by atoms with Gasteiger partial charge in [0.25, 0.3) is 0 Å². The van der Waals surface area contributed by atoms with E-state index in [-0.39, 0.29) is 29.1 Å². The number of ether oxygens (including phenoxy) is 1. The zero-order valence-corrected chi connectivity index (χ0v) is 19.6. The summed E-state index contributed by atoms with van der Waals surface area (Å²) in [6, 6.07) is 2.97. The van der Waals surface area contributed by atoms with Gasteiger partial charge in [-0.15, -0.1) is 0 Å². The number of halogens is 4. The van der Waals surface area contributed by atoms with Crippen molar-refractivity contribution in [2.75, 3.05) is 0 Å². The first-order valence-corrected chi connectivity index (χ1v) is 11.7. The molecule has 4 bridgehead atoms. The first-order valence-electron chi connectivity index (χ1n) is 9.50. The van der Waals surface area contributed by atoms with Gasteiger partial charge in [0, 0.05) is 8.99 Å². The molecule has 158 valence electrons. The molecule has 4 saturated carbocycles. The van der Waals surface area contributed by atoms with E-state index >= 15 is 0 Å². The minimum atomic E-state index is -4.31. The summed E-state index contributed by atoms with van der Waals surface area (Å²) in [6.07, 6.45) is 2.06. The van der Waals surface area contributed by atoms with E-state index in [1.807, 2.05) is 45.2 Å². The Morgan fingerprint density at radius 2 is 1.66 bits per heavy atom. The van der Waals surface area contributed by atoms with Gasteiger partial charge in [0.15, 0.2) is 6.10 Å². The number of aliphatic carboxylic acids is 1. The maximum Gasteiger partial charge on any atom is 0.342 e. The molecule has 1 aromatic carbocycles. The summed E-state index contributed by atoms with van der Waals surface area (Å²) < 4.78 is 36.0. The van der Waals surface area contributed by atoms with E-state index < -0.39 is 29.4 Å². The third kappa shape index (κ3) is 3.74. The molecule has 0 saturated heterocycles. The van der Waals surface area contributed by atoms with E-state index in [2.05, 4.69) is 0 Å². The predicted molar refractivity (Wildman–Crippen MR) is 113 cm³/mol. The molecule has 4 aliphatic carbocycles. The molecule has 0 heterocycles. The monoisotopic (exact) mass is 631 g/mol. The van der Waals surface area contributed by atoms with Gasteiger partial charge in [-0.1, -0.05) is 0 Å². The first kappa shape index (κ1) is 21.5. The number of phenolic OH excluding ortho intramolecular Hbond substituents is 1. The maximum atomic E-state index is 14.9. The van der Waals surface area contributed by atoms with Gasteiger partial charge in [0.05, 0.1) is 3.57 Å². The van der Waals surface area contributed by atoms with Crippen LogP contribution in [0.3, 0.4) is 0 Å². The number of rotatable bonds is 5. The Balaban J connectivity index is 1.71. The van der Waals surface area contributed by atoms with Crippen LogP contribution in [0.2, 0.25) is 0 Å². The van der Waals surface area contributed by atoms with E-state index in [4.69, 9.17) is 4.74 Å². The van der Waals surface area contributed by atoms with Gasteiger partial charge in [-0.2, -0.15) is 8.78 Å². The van der Waals surface area contributed by atoms with E-state index in [1.165, 1.54) is 6.07 Å².